The molecule has 0 bridgehead atoms. The van der Waals surface area contributed by atoms with Crippen molar-refractivity contribution in [1.82, 2.24) is 0 Å². The quantitative estimate of drug-likeness (QED) is 0.447. The third kappa shape index (κ3) is 6.30. The van der Waals surface area contributed by atoms with Crippen LogP contribution in [0, 0.1) is 0 Å². The van der Waals surface area contributed by atoms with Gasteiger partial charge in [0, 0.05) is 18.9 Å². The van der Waals surface area contributed by atoms with Gasteiger partial charge >= 0.3 is 23.0 Å². The van der Waals surface area contributed by atoms with Gasteiger partial charge in [0.15, 0.2) is 0 Å². The number of aryl methyl sites for hydroxylation is 1. The average molecular weight is 442 g/mol. The molecule has 0 aliphatic carbocycles. The van der Waals surface area contributed by atoms with E-state index >= 15 is 0 Å². The zero-order chi connectivity index (χ0) is 20.6. The Bertz CT molecular complexity index is 1080. The van der Waals surface area contributed by atoms with E-state index in [1.54, 1.807) is 54.6 Å². The molecule has 0 radical (unpaired) electrons. The number of hydrogen-bond acceptors (Lipinski definition) is 5. The van der Waals surface area contributed by atoms with Crippen LogP contribution in [-0.4, -0.2) is 23.5 Å². The number of carboxylic acids is 1. The van der Waals surface area contributed by atoms with Crippen molar-refractivity contribution in [2.24, 2.45) is 9.98 Å². The van der Waals surface area contributed by atoms with Crippen LogP contribution in [0.5, 0.6) is 11.5 Å². The molecule has 0 fully saturated rings. The van der Waals surface area contributed by atoms with Crippen molar-refractivity contribution in [1.29, 1.82) is 0 Å². The van der Waals surface area contributed by atoms with E-state index in [4.69, 9.17) is 5.11 Å². The van der Waals surface area contributed by atoms with Crippen LogP contribution < -0.4 is 10.2 Å². The Hall–Kier alpha value is -3.41. The van der Waals surface area contributed by atoms with Crippen molar-refractivity contribution < 1.29 is 37.2 Å². The third-order valence-corrected chi connectivity index (χ3v) is 4.19. The Morgan fingerprint density at radius 3 is 1.90 bits per heavy atom. The van der Waals surface area contributed by atoms with Gasteiger partial charge in [0.2, 0.25) is 0 Å². The minimum atomic E-state index is -0.885. The van der Waals surface area contributed by atoms with Gasteiger partial charge in [-0.1, -0.05) is 54.6 Å². The number of para-hydroxylation sites is 2. The number of nitrogens with zero attached hydrogens (tertiary/aromatic N) is 2. The number of aliphatic imine (C=N–C) groups is 2. The Morgan fingerprint density at radius 2 is 1.37 bits per heavy atom. The summed E-state index contributed by atoms with van der Waals surface area (Å²) in [6.07, 6.45) is 3.27. The van der Waals surface area contributed by atoms with E-state index in [1.807, 2.05) is 0 Å². The minimum absolute atomic E-state index is 0. The van der Waals surface area contributed by atoms with E-state index in [9.17, 15) is 15.0 Å². The molecule has 6 nitrogen and oxygen atoms in total. The molecule has 0 unspecified atom stereocenters. The zero-order valence-electron chi connectivity index (χ0n) is 15.8. The summed E-state index contributed by atoms with van der Waals surface area (Å²) >= 11 is 0. The molecule has 0 heterocycles. The summed E-state index contributed by atoms with van der Waals surface area (Å²) in [6.45, 7) is 0. The molecule has 0 saturated heterocycles. The van der Waals surface area contributed by atoms with Gasteiger partial charge in [-0.15, -0.1) is 11.5 Å². The Balaban J connectivity index is 0.00000320. The molecule has 3 aromatic carbocycles. The largest absolute Gasteiger partial charge is 4.00 e. The molecule has 3 aromatic rings. The smallest absolute Gasteiger partial charge is 0.872 e. The summed E-state index contributed by atoms with van der Waals surface area (Å²) < 4.78 is 0. The van der Waals surface area contributed by atoms with Crippen molar-refractivity contribution in [2.75, 3.05) is 0 Å². The van der Waals surface area contributed by atoms with Crippen LogP contribution in [0.25, 0.3) is 0 Å². The predicted molar refractivity (Wildman–Crippen MR) is 109 cm³/mol. The Labute approximate surface area is 184 Å². The monoisotopic (exact) mass is 442 g/mol. The van der Waals surface area contributed by atoms with Crippen LogP contribution in [0.15, 0.2) is 76.7 Å². The first-order chi connectivity index (χ1) is 14.0. The molecule has 150 valence electrons. The van der Waals surface area contributed by atoms with Gasteiger partial charge in [-0.3, -0.25) is 14.8 Å². The SMILES string of the molecule is O=C(O)CCc1ccc(N=Cc2ccccc2[O-])c(N=Cc2ccccc2[O-])c1.[Fe+4]. The minimum Gasteiger partial charge on any atom is -0.872 e. The maximum Gasteiger partial charge on any atom is 4.00 e. The fourth-order valence-electron chi connectivity index (χ4n) is 2.64. The maximum absolute atomic E-state index is 11.9. The molecule has 0 aliphatic rings. The third-order valence-electron chi connectivity index (χ3n) is 4.19. The number of carboxylic acid groups (broad SMARTS) is 1. The first-order valence-corrected chi connectivity index (χ1v) is 8.98. The molecular formula is C23H18FeN2O4+2. The van der Waals surface area contributed by atoms with Crippen LogP contribution >= 0.6 is 0 Å². The molecule has 3 rings (SSSR count). The normalized spacial score (nSPS) is 10.9. The second-order valence-corrected chi connectivity index (χ2v) is 6.31. The van der Waals surface area contributed by atoms with Crippen molar-refractivity contribution in [3.05, 3.63) is 83.4 Å². The molecule has 7 heteroatoms. The van der Waals surface area contributed by atoms with Gasteiger partial charge in [0.1, 0.15) is 0 Å². The summed E-state index contributed by atoms with van der Waals surface area (Å²) in [5.74, 6) is -1.17. The van der Waals surface area contributed by atoms with E-state index in [0.29, 0.717) is 28.9 Å². The Kier molecular flexibility index (Phi) is 8.35. The molecule has 0 aromatic heterocycles. The molecule has 30 heavy (non-hydrogen) atoms. The summed E-state index contributed by atoms with van der Waals surface area (Å²) in [7, 11) is 0. The number of rotatable bonds is 7. The maximum atomic E-state index is 11.9. The molecule has 1 N–H and O–H groups in total. The van der Waals surface area contributed by atoms with Gasteiger partial charge < -0.3 is 15.3 Å². The van der Waals surface area contributed by atoms with Gasteiger partial charge in [-0.05, 0) is 35.2 Å². The van der Waals surface area contributed by atoms with Gasteiger partial charge in [-0.2, -0.15) is 0 Å². The van der Waals surface area contributed by atoms with E-state index in [-0.39, 0.29) is 35.0 Å². The second-order valence-electron chi connectivity index (χ2n) is 6.31. The van der Waals surface area contributed by atoms with Crippen LogP contribution in [0.2, 0.25) is 0 Å². The standard InChI is InChI=1S/C23H20N2O4.Fe/c26-21-7-3-1-5-17(21)14-24-19-11-9-16(10-12-23(28)29)13-20(19)25-15-18-6-2-4-8-22(18)27;/h1-9,11,13-15,26-27H,10,12H2,(H,28,29);/q;+4/p-2. The summed E-state index contributed by atoms with van der Waals surface area (Å²) in [4.78, 5) is 19.6. The number of carbonyl (C=O) groups is 1. The molecule has 0 atom stereocenters. The van der Waals surface area contributed by atoms with Crippen LogP contribution in [-0.2, 0) is 28.3 Å². The summed E-state index contributed by atoms with van der Waals surface area (Å²) in [6, 6.07) is 18.3. The zero-order valence-corrected chi connectivity index (χ0v) is 16.9. The fraction of sp³-hybridized carbons (Fsp3) is 0.0870. The van der Waals surface area contributed by atoms with Crippen molar-refractivity contribution >= 4 is 29.8 Å². The molecular weight excluding hydrogens is 424 g/mol. The second kappa shape index (κ2) is 11.0. The number of aliphatic carboxylic acids is 1. The molecule has 0 aliphatic heterocycles. The van der Waals surface area contributed by atoms with E-state index in [0.717, 1.165) is 5.56 Å². The van der Waals surface area contributed by atoms with Gasteiger partial charge in [0.05, 0.1) is 11.4 Å². The first-order valence-electron chi connectivity index (χ1n) is 8.98. The van der Waals surface area contributed by atoms with Crippen LogP contribution in [0.4, 0.5) is 11.4 Å². The van der Waals surface area contributed by atoms with Crippen molar-refractivity contribution in [2.45, 2.75) is 12.8 Å². The van der Waals surface area contributed by atoms with E-state index in [1.165, 1.54) is 24.6 Å². The Morgan fingerprint density at radius 1 is 0.833 bits per heavy atom. The van der Waals surface area contributed by atoms with Crippen molar-refractivity contribution in [3.63, 3.8) is 0 Å². The van der Waals surface area contributed by atoms with E-state index < -0.39 is 5.97 Å². The summed E-state index contributed by atoms with van der Waals surface area (Å²) in [5.41, 5.74) is 2.66. The van der Waals surface area contributed by atoms with Gasteiger partial charge in [-0.25, -0.2) is 0 Å². The van der Waals surface area contributed by atoms with Crippen LogP contribution in [0.1, 0.15) is 23.1 Å². The van der Waals surface area contributed by atoms with E-state index in [2.05, 4.69) is 9.98 Å². The molecule has 0 amide bonds. The fourth-order valence-corrected chi connectivity index (χ4v) is 2.64. The van der Waals surface area contributed by atoms with Crippen LogP contribution in [0.3, 0.4) is 0 Å². The number of hydrogen-bond donors (Lipinski definition) is 1. The molecule has 0 saturated carbocycles. The first kappa shape index (κ1) is 22.9. The summed E-state index contributed by atoms with van der Waals surface area (Å²) in [5, 5.41) is 32.7. The predicted octanol–water partition coefficient (Wildman–Crippen LogP) is 3.35. The molecule has 0 spiro atoms. The van der Waals surface area contributed by atoms with Gasteiger partial charge in [0.25, 0.3) is 0 Å². The number of benzene rings is 3. The van der Waals surface area contributed by atoms with Crippen molar-refractivity contribution in [3.8, 4) is 11.5 Å². The topological polar surface area (TPSA) is 108 Å². The average Bonchev–Trinajstić information content (AvgIpc) is 2.71.